The van der Waals surface area contributed by atoms with Gasteiger partial charge in [-0.05, 0) is 255 Å². The molecule has 2 heteroatoms. The number of anilines is 6. The van der Waals surface area contributed by atoms with Crippen molar-refractivity contribution in [3.05, 3.63) is 488 Å². The Morgan fingerprint density at radius 1 is 0.241 bits per heavy atom. The average molecular weight is 1390 g/mol. The lowest BCUT2D eigenvalue weighted by Gasteiger charge is -2.29. The Labute approximate surface area is 640 Å². The van der Waals surface area contributed by atoms with Gasteiger partial charge in [0, 0.05) is 28.4 Å². The lowest BCUT2D eigenvalue weighted by molar-refractivity contribution is 0.685. The van der Waals surface area contributed by atoms with Crippen molar-refractivity contribution in [2.75, 3.05) is 9.80 Å². The van der Waals surface area contributed by atoms with Gasteiger partial charge in [-0.2, -0.15) is 0 Å². The van der Waals surface area contributed by atoms with Crippen molar-refractivity contribution in [2.24, 2.45) is 0 Å². The molecule has 0 fully saturated rings. The van der Waals surface area contributed by atoms with E-state index >= 15 is 0 Å². The van der Waals surface area contributed by atoms with Gasteiger partial charge in [0.25, 0.3) is 0 Å². The molecule has 2 aliphatic rings. The maximum absolute atomic E-state index is 2.45. The highest BCUT2D eigenvalue weighted by molar-refractivity contribution is 5.95. The van der Waals surface area contributed by atoms with Crippen molar-refractivity contribution in [1.82, 2.24) is 0 Å². The van der Waals surface area contributed by atoms with Crippen LogP contribution in [0.1, 0.15) is 126 Å². The molecule has 16 rings (SSSR count). The molecule has 0 saturated carbocycles. The van der Waals surface area contributed by atoms with E-state index in [4.69, 9.17) is 0 Å². The van der Waals surface area contributed by atoms with Crippen molar-refractivity contribution in [2.45, 2.75) is 65.2 Å². The van der Waals surface area contributed by atoms with Gasteiger partial charge in [-0.25, -0.2) is 0 Å². The largest absolute Gasteiger partial charge is 0.310 e. The van der Waals surface area contributed by atoms with Crippen molar-refractivity contribution < 1.29 is 0 Å². The van der Waals surface area contributed by atoms with Crippen molar-refractivity contribution >= 4 is 80.7 Å². The number of hydrogen-bond donors (Lipinski definition) is 0. The van der Waals surface area contributed by atoms with Crippen LogP contribution >= 0.6 is 0 Å². The minimum Gasteiger partial charge on any atom is -0.310 e. The van der Waals surface area contributed by atoms with Crippen LogP contribution in [-0.4, -0.2) is 0 Å². The molecule has 0 saturated heterocycles. The van der Waals surface area contributed by atoms with E-state index in [2.05, 4.69) is 436 Å². The van der Waals surface area contributed by atoms with Crippen molar-refractivity contribution in [1.29, 1.82) is 0 Å². The fourth-order valence-electron chi connectivity index (χ4n) is 15.1. The van der Waals surface area contributed by atoms with Crippen LogP contribution in [0.15, 0.2) is 388 Å². The first kappa shape index (κ1) is 70.8. The number of benzene rings is 14. The molecule has 0 radical (unpaired) electrons. The third-order valence-corrected chi connectivity index (χ3v) is 20.7. The molecule has 0 unspecified atom stereocenters. The molecule has 0 spiro atoms. The van der Waals surface area contributed by atoms with Gasteiger partial charge in [-0.1, -0.05) is 345 Å². The monoisotopic (exact) mass is 1390 g/mol. The maximum atomic E-state index is 2.45. The average Bonchev–Trinajstić information content (AvgIpc) is 0.798. The standard InChI is InChI=1S/C54H47N.C52H43N/c1-40-27-31-46(32-28-40)53(47-33-29-41(2)30-34-47)38-42-15-13-24-50(37-42)55(51-36-35-43-16-9-10-22-49(43)39-51)54-26-12-11-21-48(54)23-14-25-52(44-17-5-3-6-18-44)45-19-7-4-8-20-45;1-5-20-43(21-6-1)51(44-22-7-2-8-23-44)30-16-17-40-31-34-48(35-32-40)53(50-36-33-42-19-13-14-28-47(42)39-50)49-29-15-18-41(37-49)38-52(45-24-9-3-10-25-45)46-26-11-4-12-27-46/h3-8,11-15,17-21,23-39H,9-10,16,22H2,1-2H3;1-12,15-18,20-27,29-39H,13-14,19,28H2/b23-14+;17-16+. The summed E-state index contributed by atoms with van der Waals surface area (Å²) < 4.78 is 0. The Morgan fingerprint density at radius 2 is 0.574 bits per heavy atom. The second-order valence-electron chi connectivity index (χ2n) is 28.3. The summed E-state index contributed by atoms with van der Waals surface area (Å²) in [6.45, 7) is 4.29. The van der Waals surface area contributed by atoms with E-state index in [1.807, 2.05) is 0 Å². The van der Waals surface area contributed by atoms with E-state index < -0.39 is 0 Å². The number of aryl methyl sites for hydroxylation is 6. The lowest BCUT2D eigenvalue weighted by Crippen LogP contribution is -2.13. The Morgan fingerprint density at radius 3 is 1.00 bits per heavy atom. The first-order chi connectivity index (χ1) is 53.4. The van der Waals surface area contributed by atoms with Crippen LogP contribution in [0.2, 0.25) is 0 Å². The zero-order valence-electron chi connectivity index (χ0n) is 61.8. The van der Waals surface area contributed by atoms with Gasteiger partial charge in [-0.15, -0.1) is 0 Å². The highest BCUT2D eigenvalue weighted by Crippen LogP contribution is 2.42. The molecule has 524 valence electrons. The molecule has 14 aromatic carbocycles. The molecule has 2 aliphatic carbocycles. The highest BCUT2D eigenvalue weighted by Gasteiger charge is 2.21. The summed E-state index contributed by atoms with van der Waals surface area (Å²) in [7, 11) is 0. The number of nitrogens with zero attached hydrogens (tertiary/aromatic N) is 2. The second kappa shape index (κ2) is 34.8. The summed E-state index contributed by atoms with van der Waals surface area (Å²) in [5.41, 5.74) is 34.4. The van der Waals surface area contributed by atoms with Gasteiger partial charge in [0.15, 0.2) is 0 Å². The molecule has 0 bridgehead atoms. The number of para-hydroxylation sites is 1. The van der Waals surface area contributed by atoms with Crippen LogP contribution in [0.25, 0.3) is 46.6 Å². The first-order valence-electron chi connectivity index (χ1n) is 38.3. The fraction of sp³-hybridized carbons (Fsp3) is 0.0943. The molecule has 108 heavy (non-hydrogen) atoms. The van der Waals surface area contributed by atoms with E-state index in [0.717, 1.165) is 64.3 Å². The molecule has 0 aliphatic heterocycles. The SMILES string of the molecule is C(/C=C/c1ccc(N(c2cccc(C=C(c3ccccc3)c3ccccc3)c2)c2ccc3c(c2)CCCC3)cc1)=C(c1ccccc1)c1ccccc1.Cc1ccc(C(=Cc2cccc(N(c3ccc4c(c3)CCCC4)c3ccccc3/C=C/C=C(c3ccccc3)c3ccccc3)c2)c2ccc(C)cc2)cc1. The minimum atomic E-state index is 1.13. The summed E-state index contributed by atoms with van der Waals surface area (Å²) in [4.78, 5) is 4.86. The summed E-state index contributed by atoms with van der Waals surface area (Å²) in [6, 6.07) is 132. The van der Waals surface area contributed by atoms with Gasteiger partial charge in [-0.3, -0.25) is 0 Å². The van der Waals surface area contributed by atoms with Crippen LogP contribution in [-0.2, 0) is 25.7 Å². The lowest BCUT2D eigenvalue weighted by atomic mass is 9.91. The number of fused-ring (bicyclic) bond motifs is 2. The quantitative estimate of drug-likeness (QED) is 0.0554. The van der Waals surface area contributed by atoms with Crippen LogP contribution in [0, 0.1) is 13.8 Å². The molecule has 0 aromatic heterocycles. The van der Waals surface area contributed by atoms with E-state index in [0.29, 0.717) is 0 Å². The molecule has 0 heterocycles. The molecular formula is C106H90N2. The van der Waals surface area contributed by atoms with Crippen molar-refractivity contribution in [3.63, 3.8) is 0 Å². The normalized spacial score (nSPS) is 12.2. The molecule has 14 aromatic rings. The van der Waals surface area contributed by atoms with Crippen molar-refractivity contribution in [3.8, 4) is 0 Å². The zero-order valence-corrected chi connectivity index (χ0v) is 61.8. The molecular weight excluding hydrogens is 1300 g/mol. The highest BCUT2D eigenvalue weighted by atomic mass is 15.1. The van der Waals surface area contributed by atoms with Gasteiger partial charge in [0.05, 0.1) is 5.69 Å². The van der Waals surface area contributed by atoms with Crippen LogP contribution in [0.3, 0.4) is 0 Å². The smallest absolute Gasteiger partial charge is 0.0533 e. The Hall–Kier alpha value is -12.9. The van der Waals surface area contributed by atoms with Gasteiger partial charge in [0.1, 0.15) is 0 Å². The van der Waals surface area contributed by atoms with E-state index in [1.54, 1.807) is 0 Å². The summed E-state index contributed by atoms with van der Waals surface area (Å²) in [6.07, 6.45) is 27.6. The molecule has 0 N–H and O–H groups in total. The first-order valence-corrected chi connectivity index (χ1v) is 38.3. The fourth-order valence-corrected chi connectivity index (χ4v) is 15.1. The summed E-state index contributed by atoms with van der Waals surface area (Å²) in [5, 5.41) is 0. The van der Waals surface area contributed by atoms with Gasteiger partial charge < -0.3 is 9.80 Å². The predicted octanol–water partition coefficient (Wildman–Crippen LogP) is 28.2. The molecule has 0 amide bonds. The van der Waals surface area contributed by atoms with E-state index in [1.165, 1.54) is 144 Å². The third kappa shape index (κ3) is 17.6. The van der Waals surface area contributed by atoms with E-state index in [-0.39, 0.29) is 0 Å². The molecule has 0 atom stereocenters. The minimum absolute atomic E-state index is 1.13. The number of allylic oxidation sites excluding steroid dienone is 4. The topological polar surface area (TPSA) is 6.48 Å². The Bertz CT molecular complexity index is 5340. The van der Waals surface area contributed by atoms with Gasteiger partial charge >= 0.3 is 0 Å². The van der Waals surface area contributed by atoms with Crippen LogP contribution in [0.4, 0.5) is 34.1 Å². The maximum Gasteiger partial charge on any atom is 0.0533 e. The summed E-state index contributed by atoms with van der Waals surface area (Å²) >= 11 is 0. The third-order valence-electron chi connectivity index (χ3n) is 20.7. The molecule has 2 nitrogen and oxygen atoms in total. The Balaban J connectivity index is 0.000000172. The predicted molar refractivity (Wildman–Crippen MR) is 463 cm³/mol. The second-order valence-corrected chi connectivity index (χ2v) is 28.3. The van der Waals surface area contributed by atoms with Gasteiger partial charge in [0.2, 0.25) is 0 Å². The Kier molecular flexibility index (Phi) is 22.8. The van der Waals surface area contributed by atoms with Crippen LogP contribution in [0.5, 0.6) is 0 Å². The summed E-state index contributed by atoms with van der Waals surface area (Å²) in [5.74, 6) is 0. The van der Waals surface area contributed by atoms with Crippen LogP contribution < -0.4 is 9.80 Å². The number of hydrogen-bond acceptors (Lipinski definition) is 2. The zero-order chi connectivity index (χ0) is 73.1. The van der Waals surface area contributed by atoms with E-state index in [9.17, 15) is 0 Å². The number of rotatable bonds is 20.